The molecule has 0 bridgehead atoms. The molecule has 3 aromatic rings. The summed E-state index contributed by atoms with van der Waals surface area (Å²) in [7, 11) is 0. The number of Topliss-reactive ketones (excluding diaryl/α,β-unsaturated/α-hetero) is 1. The fourth-order valence-corrected chi connectivity index (χ4v) is 7.66. The summed E-state index contributed by atoms with van der Waals surface area (Å²) in [6.07, 6.45) is 1.32. The first-order valence-corrected chi connectivity index (χ1v) is 15.1. The Morgan fingerprint density at radius 1 is 0.810 bits per heavy atom. The van der Waals surface area contributed by atoms with Crippen molar-refractivity contribution in [2.45, 2.75) is 56.5 Å². The molecule has 1 unspecified atom stereocenters. The van der Waals surface area contributed by atoms with Crippen LogP contribution in [0.15, 0.2) is 72.8 Å². The predicted octanol–water partition coefficient (Wildman–Crippen LogP) is 6.96. The van der Waals surface area contributed by atoms with Crippen LogP contribution in [0, 0.1) is 11.8 Å². The summed E-state index contributed by atoms with van der Waals surface area (Å²) in [6.45, 7) is 1.52. The number of hydrogen-bond donors (Lipinski definition) is 1. The van der Waals surface area contributed by atoms with Crippen molar-refractivity contribution >= 4 is 11.7 Å². The SMILES string of the molecule is O=C1CC(C2CCN(CCCCC3(C(=O)NCC(F)(F)F)c4ccccc4-c4ccccc43)CC2)Cc2ccccc21. The van der Waals surface area contributed by atoms with Gasteiger partial charge in [0.25, 0.3) is 0 Å². The molecule has 1 saturated heterocycles. The van der Waals surface area contributed by atoms with Crippen LogP contribution >= 0.6 is 0 Å². The topological polar surface area (TPSA) is 49.4 Å². The normalized spacial score (nSPS) is 20.1. The van der Waals surface area contributed by atoms with Crippen molar-refractivity contribution in [1.82, 2.24) is 10.2 Å². The molecule has 1 aliphatic heterocycles. The number of rotatable bonds is 8. The smallest absolute Gasteiger partial charge is 0.346 e. The van der Waals surface area contributed by atoms with Gasteiger partial charge >= 0.3 is 6.18 Å². The molecule has 7 heteroatoms. The van der Waals surface area contributed by atoms with Gasteiger partial charge < -0.3 is 10.2 Å². The maximum absolute atomic E-state index is 13.7. The zero-order valence-corrected chi connectivity index (χ0v) is 23.8. The molecule has 1 heterocycles. The summed E-state index contributed by atoms with van der Waals surface area (Å²) in [5.41, 5.74) is 4.34. The highest BCUT2D eigenvalue weighted by atomic mass is 19.4. The van der Waals surface area contributed by atoms with Crippen molar-refractivity contribution in [1.29, 1.82) is 0 Å². The Balaban J connectivity index is 1.09. The second-order valence-electron chi connectivity index (χ2n) is 12.2. The molecule has 1 atom stereocenters. The Bertz CT molecular complexity index is 1410. The van der Waals surface area contributed by atoms with Crippen LogP contribution in [0.5, 0.6) is 0 Å². The maximum atomic E-state index is 13.7. The monoisotopic (exact) mass is 574 g/mol. The Morgan fingerprint density at radius 3 is 2.05 bits per heavy atom. The summed E-state index contributed by atoms with van der Waals surface area (Å²) < 4.78 is 39.4. The van der Waals surface area contributed by atoms with Crippen LogP contribution in [0.1, 0.15) is 65.6 Å². The van der Waals surface area contributed by atoms with Gasteiger partial charge in [-0.1, -0.05) is 79.2 Å². The van der Waals surface area contributed by atoms with Crippen LogP contribution in [0.2, 0.25) is 0 Å². The first-order valence-electron chi connectivity index (χ1n) is 15.1. The molecule has 3 aromatic carbocycles. The van der Waals surface area contributed by atoms with Crippen LogP contribution in [-0.4, -0.2) is 48.9 Å². The fraction of sp³-hybridized carbons (Fsp3) is 0.429. The molecule has 0 saturated carbocycles. The number of nitrogens with one attached hydrogen (secondary N) is 1. The van der Waals surface area contributed by atoms with Gasteiger partial charge in [0.2, 0.25) is 5.91 Å². The van der Waals surface area contributed by atoms with Gasteiger partial charge in [0.15, 0.2) is 5.78 Å². The highest BCUT2D eigenvalue weighted by molar-refractivity contribution is 6.00. The molecule has 0 aromatic heterocycles. The number of alkyl halides is 3. The van der Waals surface area contributed by atoms with Gasteiger partial charge in [-0.2, -0.15) is 13.2 Å². The minimum Gasteiger partial charge on any atom is -0.346 e. The summed E-state index contributed by atoms with van der Waals surface area (Å²) in [5, 5.41) is 2.22. The Hall–Kier alpha value is -3.45. The third kappa shape index (κ3) is 5.51. The lowest BCUT2D eigenvalue weighted by Crippen LogP contribution is -2.47. The highest BCUT2D eigenvalue weighted by Crippen LogP contribution is 2.51. The number of unbranched alkanes of at least 4 members (excludes halogenated alkanes) is 1. The molecule has 3 aliphatic rings. The van der Waals surface area contributed by atoms with Crippen molar-refractivity contribution in [3.05, 3.63) is 95.1 Å². The second-order valence-corrected chi connectivity index (χ2v) is 12.2. The summed E-state index contributed by atoms with van der Waals surface area (Å²) in [6, 6.07) is 23.2. The van der Waals surface area contributed by atoms with Crippen molar-refractivity contribution in [2.24, 2.45) is 11.8 Å². The number of halogens is 3. The zero-order valence-electron chi connectivity index (χ0n) is 23.8. The molecule has 0 radical (unpaired) electrons. The molecular formula is C35H37F3N2O2. The second kappa shape index (κ2) is 11.7. The standard InChI is InChI=1S/C35H37F3N2O2/c36-35(37,38)23-39-33(42)34(30-13-5-3-11-28(30)29-12-4-6-14-31(29)34)17-7-8-18-40-19-15-24(16-20-40)26-21-25-9-1-2-10-27(25)32(41)22-26/h1-6,9-14,24,26H,7-8,15-23H2,(H,39,42). The van der Waals surface area contributed by atoms with Gasteiger partial charge in [-0.3, -0.25) is 9.59 Å². The summed E-state index contributed by atoms with van der Waals surface area (Å²) >= 11 is 0. The average molecular weight is 575 g/mol. The van der Waals surface area contributed by atoms with E-state index in [0.29, 0.717) is 24.7 Å². The molecule has 220 valence electrons. The van der Waals surface area contributed by atoms with Gasteiger partial charge in [-0.15, -0.1) is 0 Å². The van der Waals surface area contributed by atoms with E-state index < -0.39 is 24.0 Å². The van der Waals surface area contributed by atoms with E-state index in [1.807, 2.05) is 66.7 Å². The maximum Gasteiger partial charge on any atom is 0.405 e. The number of likely N-dealkylation sites (tertiary alicyclic amines) is 1. The molecule has 0 spiro atoms. The number of hydrogen-bond acceptors (Lipinski definition) is 3. The number of carbonyl (C=O) groups excluding carboxylic acids is 2. The van der Waals surface area contributed by atoms with E-state index in [1.54, 1.807) is 0 Å². The zero-order chi connectivity index (χ0) is 29.3. The number of carbonyl (C=O) groups is 2. The number of nitrogens with zero attached hydrogens (tertiary/aromatic N) is 1. The molecule has 42 heavy (non-hydrogen) atoms. The molecule has 4 nitrogen and oxygen atoms in total. The van der Waals surface area contributed by atoms with Crippen molar-refractivity contribution in [3.8, 4) is 11.1 Å². The quantitative estimate of drug-likeness (QED) is 0.296. The summed E-state index contributed by atoms with van der Waals surface area (Å²) in [4.78, 5) is 28.8. The lowest BCUT2D eigenvalue weighted by Gasteiger charge is -2.38. The molecule has 6 rings (SSSR count). The third-order valence-electron chi connectivity index (χ3n) is 9.72. The van der Waals surface area contributed by atoms with Gasteiger partial charge in [-0.05, 0) is 91.4 Å². The Morgan fingerprint density at radius 2 is 1.40 bits per heavy atom. The molecule has 1 N–H and O–H groups in total. The van der Waals surface area contributed by atoms with E-state index in [-0.39, 0.29) is 5.78 Å². The summed E-state index contributed by atoms with van der Waals surface area (Å²) in [5.74, 6) is 0.645. The van der Waals surface area contributed by atoms with Gasteiger partial charge in [0, 0.05) is 12.0 Å². The van der Waals surface area contributed by atoms with Gasteiger partial charge in [0.05, 0.1) is 0 Å². The van der Waals surface area contributed by atoms with E-state index in [0.717, 1.165) is 79.6 Å². The lowest BCUT2D eigenvalue weighted by molar-refractivity contribution is -0.141. The van der Waals surface area contributed by atoms with E-state index in [4.69, 9.17) is 0 Å². The number of benzene rings is 3. The lowest BCUT2D eigenvalue weighted by atomic mass is 9.73. The van der Waals surface area contributed by atoms with E-state index in [2.05, 4.69) is 16.3 Å². The minimum absolute atomic E-state index is 0.271. The van der Waals surface area contributed by atoms with Gasteiger partial charge in [0.1, 0.15) is 12.0 Å². The van der Waals surface area contributed by atoms with Crippen molar-refractivity contribution in [3.63, 3.8) is 0 Å². The number of ketones is 1. The van der Waals surface area contributed by atoms with Crippen LogP contribution in [0.4, 0.5) is 13.2 Å². The Labute approximate surface area is 245 Å². The first-order chi connectivity index (χ1) is 20.3. The molecule has 1 amide bonds. The van der Waals surface area contributed by atoms with Crippen molar-refractivity contribution in [2.75, 3.05) is 26.2 Å². The van der Waals surface area contributed by atoms with Crippen LogP contribution in [0.25, 0.3) is 11.1 Å². The first kappa shape index (κ1) is 28.7. The van der Waals surface area contributed by atoms with Crippen molar-refractivity contribution < 1.29 is 22.8 Å². The van der Waals surface area contributed by atoms with Crippen LogP contribution < -0.4 is 5.32 Å². The predicted molar refractivity (Wildman–Crippen MR) is 157 cm³/mol. The van der Waals surface area contributed by atoms with E-state index in [9.17, 15) is 22.8 Å². The number of piperidine rings is 1. The third-order valence-corrected chi connectivity index (χ3v) is 9.72. The molecule has 1 fully saturated rings. The fourth-order valence-electron chi connectivity index (χ4n) is 7.66. The average Bonchev–Trinajstić information content (AvgIpc) is 3.29. The van der Waals surface area contributed by atoms with E-state index in [1.165, 1.54) is 5.56 Å². The van der Waals surface area contributed by atoms with Crippen LogP contribution in [0.3, 0.4) is 0 Å². The molecule has 2 aliphatic carbocycles. The van der Waals surface area contributed by atoms with Crippen LogP contribution in [-0.2, 0) is 16.6 Å². The number of amides is 1. The minimum atomic E-state index is -4.48. The highest BCUT2D eigenvalue weighted by Gasteiger charge is 2.49. The number of fused-ring (bicyclic) bond motifs is 4. The van der Waals surface area contributed by atoms with E-state index >= 15 is 0 Å². The Kier molecular flexibility index (Phi) is 7.97. The van der Waals surface area contributed by atoms with Gasteiger partial charge in [-0.25, -0.2) is 0 Å². The molecular weight excluding hydrogens is 537 g/mol. The largest absolute Gasteiger partial charge is 0.405 e.